The third-order valence-corrected chi connectivity index (χ3v) is 7.22. The van der Waals surface area contributed by atoms with Crippen molar-refractivity contribution >= 4 is 17.2 Å². The summed E-state index contributed by atoms with van der Waals surface area (Å²) in [5.41, 5.74) is -2.84. The molecule has 2 atom stereocenters. The van der Waals surface area contributed by atoms with E-state index in [9.17, 15) is 23.1 Å². The van der Waals surface area contributed by atoms with Gasteiger partial charge in [0, 0.05) is 30.7 Å². The van der Waals surface area contributed by atoms with Gasteiger partial charge in [-0.1, -0.05) is 6.92 Å². The van der Waals surface area contributed by atoms with E-state index >= 15 is 0 Å². The van der Waals surface area contributed by atoms with Crippen LogP contribution in [0.25, 0.3) is 0 Å². The van der Waals surface area contributed by atoms with Crippen molar-refractivity contribution in [1.82, 2.24) is 14.8 Å². The molecule has 2 fully saturated rings. The molecule has 5 nitrogen and oxygen atoms in total. The van der Waals surface area contributed by atoms with E-state index in [1.165, 1.54) is 23.1 Å². The molecule has 1 aromatic heterocycles. The predicted molar refractivity (Wildman–Crippen MR) is 106 cm³/mol. The highest BCUT2D eigenvalue weighted by molar-refractivity contribution is 7.09. The van der Waals surface area contributed by atoms with Crippen molar-refractivity contribution in [3.63, 3.8) is 0 Å². The maximum Gasteiger partial charge on any atom is 0.424 e. The number of nitrogens with zero attached hydrogens (tertiary/aromatic N) is 3. The van der Waals surface area contributed by atoms with Gasteiger partial charge < -0.3 is 14.9 Å². The zero-order chi connectivity index (χ0) is 21.2. The van der Waals surface area contributed by atoms with Gasteiger partial charge in [0.05, 0.1) is 6.42 Å². The number of halogens is 3. The number of hydrogen-bond donors (Lipinski definition) is 1. The second kappa shape index (κ2) is 8.89. The van der Waals surface area contributed by atoms with Crippen LogP contribution in [0.3, 0.4) is 0 Å². The Morgan fingerprint density at radius 3 is 2.55 bits per heavy atom. The van der Waals surface area contributed by atoms with Crippen LogP contribution in [-0.2, 0) is 10.4 Å². The van der Waals surface area contributed by atoms with Crippen LogP contribution in [0.5, 0.6) is 0 Å². The monoisotopic (exact) mass is 433 g/mol. The number of aliphatic hydroxyl groups is 1. The lowest BCUT2D eigenvalue weighted by molar-refractivity contribution is -0.268. The van der Waals surface area contributed by atoms with E-state index in [1.54, 1.807) is 6.92 Å². The average molecular weight is 434 g/mol. The van der Waals surface area contributed by atoms with Gasteiger partial charge in [-0.25, -0.2) is 4.98 Å². The van der Waals surface area contributed by atoms with Gasteiger partial charge in [0.15, 0.2) is 0 Å². The van der Waals surface area contributed by atoms with Gasteiger partial charge in [0.2, 0.25) is 11.5 Å². The van der Waals surface area contributed by atoms with Crippen molar-refractivity contribution in [1.29, 1.82) is 0 Å². The van der Waals surface area contributed by atoms with Crippen molar-refractivity contribution in [3.8, 4) is 0 Å². The first kappa shape index (κ1) is 22.5. The summed E-state index contributed by atoms with van der Waals surface area (Å²) in [6, 6.07) is 0. The normalized spacial score (nSPS) is 24.5. The molecule has 3 rings (SSSR count). The molecule has 2 unspecified atom stereocenters. The number of amides is 1. The molecule has 1 N–H and O–H groups in total. The summed E-state index contributed by atoms with van der Waals surface area (Å²) in [5, 5.41) is 11.4. The molecule has 2 aliphatic heterocycles. The Bertz CT molecular complexity index is 703. The summed E-state index contributed by atoms with van der Waals surface area (Å²) in [7, 11) is 0. The van der Waals surface area contributed by atoms with E-state index in [2.05, 4.69) is 16.8 Å². The average Bonchev–Trinajstić information content (AvgIpc) is 3.10. The third kappa shape index (κ3) is 5.30. The van der Waals surface area contributed by atoms with Crippen LogP contribution in [0.15, 0.2) is 5.38 Å². The number of carbonyl (C=O) groups excluding carboxylic acids is 1. The molecule has 0 spiro atoms. The highest BCUT2D eigenvalue weighted by atomic mass is 32.1. The first-order chi connectivity index (χ1) is 13.6. The van der Waals surface area contributed by atoms with Gasteiger partial charge in [0.25, 0.3) is 0 Å². The lowest BCUT2D eigenvalue weighted by atomic mass is 9.93. The topological polar surface area (TPSA) is 56.7 Å². The second-order valence-corrected chi connectivity index (χ2v) is 9.52. The van der Waals surface area contributed by atoms with Gasteiger partial charge in [0.1, 0.15) is 5.01 Å². The number of piperidine rings is 2. The molecule has 0 radical (unpaired) electrons. The highest BCUT2D eigenvalue weighted by Crippen LogP contribution is 2.43. The molecule has 0 saturated carbocycles. The minimum atomic E-state index is -4.97. The Balaban J connectivity index is 1.64. The largest absolute Gasteiger partial charge is 0.424 e. The molecule has 29 heavy (non-hydrogen) atoms. The van der Waals surface area contributed by atoms with E-state index < -0.39 is 29.1 Å². The van der Waals surface area contributed by atoms with Gasteiger partial charge in [-0.05, 0) is 57.5 Å². The Morgan fingerprint density at radius 2 is 1.97 bits per heavy atom. The molecule has 3 heterocycles. The van der Waals surface area contributed by atoms with Crippen molar-refractivity contribution in [2.75, 3.05) is 32.7 Å². The van der Waals surface area contributed by atoms with Crippen molar-refractivity contribution < 1.29 is 23.1 Å². The number of likely N-dealkylation sites (tertiary alicyclic amines) is 2. The van der Waals surface area contributed by atoms with E-state index in [0.717, 1.165) is 49.7 Å². The van der Waals surface area contributed by atoms with Crippen molar-refractivity contribution in [3.05, 3.63) is 16.1 Å². The Hall–Kier alpha value is -1.19. The number of rotatable bonds is 5. The maximum absolute atomic E-state index is 13.7. The summed E-state index contributed by atoms with van der Waals surface area (Å²) in [6.45, 7) is 7.68. The Labute approximate surface area is 173 Å². The van der Waals surface area contributed by atoms with Crippen LogP contribution in [0, 0.1) is 18.8 Å². The molecule has 0 bridgehead atoms. The number of hydrogen-bond acceptors (Lipinski definition) is 5. The molecule has 1 aromatic rings. The van der Waals surface area contributed by atoms with E-state index in [1.807, 2.05) is 0 Å². The van der Waals surface area contributed by atoms with Crippen LogP contribution in [-0.4, -0.2) is 64.7 Å². The zero-order valence-electron chi connectivity index (χ0n) is 17.0. The molecule has 1 amide bonds. The number of alkyl halides is 3. The molecule has 9 heteroatoms. The first-order valence-electron chi connectivity index (χ1n) is 10.3. The highest BCUT2D eigenvalue weighted by Gasteiger charge is 2.58. The van der Waals surface area contributed by atoms with Crippen molar-refractivity contribution in [2.24, 2.45) is 11.8 Å². The summed E-state index contributed by atoms with van der Waals surface area (Å²) in [4.78, 5) is 20.5. The molecule has 0 aliphatic carbocycles. The minimum absolute atomic E-state index is 0.266. The maximum atomic E-state index is 13.7. The smallest absolute Gasteiger partial charge is 0.374 e. The summed E-state index contributed by atoms with van der Waals surface area (Å²) < 4.78 is 41.1. The molecular weight excluding hydrogens is 403 g/mol. The van der Waals surface area contributed by atoms with Gasteiger partial charge in [-0.15, -0.1) is 11.3 Å². The summed E-state index contributed by atoms with van der Waals surface area (Å²) >= 11 is 0.737. The molecule has 0 aromatic carbocycles. The summed E-state index contributed by atoms with van der Waals surface area (Å²) in [5.74, 6) is 0.349. The fourth-order valence-electron chi connectivity index (χ4n) is 4.22. The van der Waals surface area contributed by atoms with Crippen LogP contribution in [0.1, 0.15) is 49.7 Å². The summed E-state index contributed by atoms with van der Waals surface area (Å²) in [6.07, 6.45) is -1.89. The van der Waals surface area contributed by atoms with E-state index in [4.69, 9.17) is 0 Å². The standard InChI is InChI=1S/C20H30F3N3O2S/c1-14-5-8-25(9-6-14)11-16-4-3-7-26(12-16)17(27)10-19(28,20(21,22)23)18-24-15(2)13-29-18/h13-14,16,28H,3-12H2,1-2H3. The molecule has 2 saturated heterocycles. The number of thiazole rings is 1. The molecule has 2 aliphatic rings. The van der Waals surface area contributed by atoms with E-state index in [0.29, 0.717) is 18.8 Å². The van der Waals surface area contributed by atoms with Crippen molar-refractivity contribution in [2.45, 2.75) is 57.7 Å². The number of carbonyl (C=O) groups is 1. The minimum Gasteiger partial charge on any atom is -0.374 e. The van der Waals surface area contributed by atoms with Gasteiger partial charge in [-0.3, -0.25) is 4.79 Å². The molecular formula is C20H30F3N3O2S. The fourth-order valence-corrected chi connectivity index (χ4v) is 5.14. The van der Waals surface area contributed by atoms with Gasteiger partial charge >= 0.3 is 6.18 Å². The Kier molecular flexibility index (Phi) is 6.90. The zero-order valence-corrected chi connectivity index (χ0v) is 17.9. The third-order valence-electron chi connectivity index (χ3n) is 6.11. The second-order valence-electron chi connectivity index (χ2n) is 8.66. The Morgan fingerprint density at radius 1 is 1.28 bits per heavy atom. The van der Waals surface area contributed by atoms with Crippen LogP contribution < -0.4 is 0 Å². The lowest BCUT2D eigenvalue weighted by Crippen LogP contribution is -2.50. The SMILES string of the molecule is Cc1csc(C(O)(CC(=O)N2CCCC(CN3CCC(C)CC3)C2)C(F)(F)F)n1. The van der Waals surface area contributed by atoms with Crippen LogP contribution >= 0.6 is 11.3 Å². The van der Waals surface area contributed by atoms with Crippen LogP contribution in [0.2, 0.25) is 0 Å². The predicted octanol–water partition coefficient (Wildman–Crippen LogP) is 3.56. The van der Waals surface area contributed by atoms with E-state index in [-0.39, 0.29) is 5.92 Å². The number of aromatic nitrogens is 1. The lowest BCUT2D eigenvalue weighted by Gasteiger charge is -2.39. The quantitative estimate of drug-likeness (QED) is 0.772. The molecule has 164 valence electrons. The first-order valence-corrected chi connectivity index (χ1v) is 11.2. The van der Waals surface area contributed by atoms with Crippen LogP contribution in [0.4, 0.5) is 13.2 Å². The number of aryl methyl sites for hydroxylation is 1. The van der Waals surface area contributed by atoms with Gasteiger partial charge in [-0.2, -0.15) is 13.2 Å². The fraction of sp³-hybridized carbons (Fsp3) is 0.800.